The Labute approximate surface area is 173 Å². The Morgan fingerprint density at radius 1 is 1.10 bits per heavy atom. The van der Waals surface area contributed by atoms with Gasteiger partial charge in [0, 0.05) is 36.4 Å². The summed E-state index contributed by atoms with van der Waals surface area (Å²) in [6.07, 6.45) is 0. The zero-order chi connectivity index (χ0) is 19.3. The van der Waals surface area contributed by atoms with E-state index in [0.29, 0.717) is 0 Å². The predicted molar refractivity (Wildman–Crippen MR) is 120 cm³/mol. The summed E-state index contributed by atoms with van der Waals surface area (Å²) in [7, 11) is 1.69. The highest BCUT2D eigenvalue weighted by atomic mass is 16.5. The summed E-state index contributed by atoms with van der Waals surface area (Å²) in [4.78, 5) is 7.17. The molecule has 0 bridgehead atoms. The van der Waals surface area contributed by atoms with Crippen molar-refractivity contribution < 1.29 is 9.47 Å². The van der Waals surface area contributed by atoms with Crippen LogP contribution >= 0.6 is 0 Å². The van der Waals surface area contributed by atoms with Crippen LogP contribution in [0.1, 0.15) is 24.7 Å². The van der Waals surface area contributed by atoms with Gasteiger partial charge in [-0.25, -0.2) is 4.98 Å². The maximum absolute atomic E-state index is 5.54. The number of fused-ring (bicyclic) bond motifs is 1. The number of pyridine rings is 1. The molecule has 1 N–H and O–H groups in total. The van der Waals surface area contributed by atoms with Crippen molar-refractivity contribution in [1.82, 2.24) is 9.88 Å². The van der Waals surface area contributed by atoms with Gasteiger partial charge in [0.25, 0.3) is 0 Å². The monoisotopic (exact) mass is 393 g/mol. The molecule has 1 aliphatic rings. The summed E-state index contributed by atoms with van der Waals surface area (Å²) in [5, 5.41) is 4.88. The van der Waals surface area contributed by atoms with E-state index in [1.54, 1.807) is 7.11 Å². The second-order valence-electron chi connectivity index (χ2n) is 7.19. The molecule has 2 aromatic carbocycles. The van der Waals surface area contributed by atoms with Crippen molar-refractivity contribution in [3.63, 3.8) is 0 Å². The van der Waals surface area contributed by atoms with Gasteiger partial charge in [-0.1, -0.05) is 49.9 Å². The highest BCUT2D eigenvalue weighted by Crippen LogP contribution is 2.32. The molecule has 1 fully saturated rings. The van der Waals surface area contributed by atoms with E-state index in [1.165, 1.54) is 5.56 Å². The van der Waals surface area contributed by atoms with Gasteiger partial charge in [-0.05, 0) is 24.6 Å². The lowest BCUT2D eigenvalue weighted by molar-refractivity contribution is 0.0361. The van der Waals surface area contributed by atoms with Crippen molar-refractivity contribution in [2.45, 2.75) is 20.4 Å². The number of ether oxygens (including phenoxy) is 2. The van der Waals surface area contributed by atoms with Gasteiger partial charge < -0.3 is 14.8 Å². The number of aryl methyl sites for hydroxylation is 1. The molecule has 0 radical (unpaired) electrons. The summed E-state index contributed by atoms with van der Waals surface area (Å²) in [5.41, 5.74) is 4.23. The Kier molecular flexibility index (Phi) is 7.07. The van der Waals surface area contributed by atoms with Crippen LogP contribution in [0.15, 0.2) is 54.6 Å². The lowest BCUT2D eigenvalue weighted by atomic mass is 10.0. The SMILES string of the molecule is C.COc1cccc2c(NC(CN3CCOCC3)c3ccccc3)cc(C)nc12. The Morgan fingerprint density at radius 3 is 2.59 bits per heavy atom. The predicted octanol–water partition coefficient (Wildman–Crippen LogP) is 4.67. The van der Waals surface area contributed by atoms with E-state index >= 15 is 0 Å². The molecule has 3 aromatic rings. The van der Waals surface area contributed by atoms with Crippen molar-refractivity contribution >= 4 is 16.6 Å². The number of hydrogen-bond acceptors (Lipinski definition) is 5. The zero-order valence-electron chi connectivity index (χ0n) is 16.5. The highest BCUT2D eigenvalue weighted by molar-refractivity contribution is 5.95. The molecule has 0 amide bonds. The van der Waals surface area contributed by atoms with E-state index in [1.807, 2.05) is 19.1 Å². The van der Waals surface area contributed by atoms with Crippen LogP contribution in [0.5, 0.6) is 5.75 Å². The van der Waals surface area contributed by atoms with Crippen LogP contribution in [0.25, 0.3) is 10.9 Å². The molecule has 1 atom stereocenters. The van der Waals surface area contributed by atoms with Crippen LogP contribution in [-0.4, -0.2) is 49.8 Å². The lowest BCUT2D eigenvalue weighted by Gasteiger charge is -2.32. The fourth-order valence-corrected chi connectivity index (χ4v) is 3.78. The van der Waals surface area contributed by atoms with Gasteiger partial charge in [-0.3, -0.25) is 4.90 Å². The highest BCUT2D eigenvalue weighted by Gasteiger charge is 2.20. The van der Waals surface area contributed by atoms with Crippen LogP contribution in [0.2, 0.25) is 0 Å². The van der Waals surface area contributed by atoms with E-state index in [-0.39, 0.29) is 13.5 Å². The molecule has 0 saturated carbocycles. The molecule has 4 rings (SSSR count). The zero-order valence-corrected chi connectivity index (χ0v) is 16.5. The molecule has 0 spiro atoms. The van der Waals surface area contributed by atoms with Crippen LogP contribution in [0, 0.1) is 6.92 Å². The van der Waals surface area contributed by atoms with E-state index in [4.69, 9.17) is 14.5 Å². The minimum atomic E-state index is 0. The number of nitrogens with zero attached hydrogens (tertiary/aromatic N) is 2. The molecule has 1 saturated heterocycles. The topological polar surface area (TPSA) is 46.6 Å². The van der Waals surface area contributed by atoms with Gasteiger partial charge in [0.2, 0.25) is 0 Å². The molecule has 1 aromatic heterocycles. The molecule has 1 unspecified atom stereocenters. The van der Waals surface area contributed by atoms with E-state index in [2.05, 4.69) is 52.7 Å². The quantitative estimate of drug-likeness (QED) is 0.659. The number of methoxy groups -OCH3 is 1. The second kappa shape index (κ2) is 9.72. The minimum Gasteiger partial charge on any atom is -0.494 e. The van der Waals surface area contributed by atoms with Gasteiger partial charge in [-0.15, -0.1) is 0 Å². The van der Waals surface area contributed by atoms with Crippen LogP contribution in [0.4, 0.5) is 5.69 Å². The fraction of sp³-hybridized carbons (Fsp3) is 0.375. The van der Waals surface area contributed by atoms with Gasteiger partial charge in [0.15, 0.2) is 0 Å². The minimum absolute atomic E-state index is 0. The van der Waals surface area contributed by atoms with Crippen LogP contribution in [0.3, 0.4) is 0 Å². The first kappa shape index (κ1) is 21.1. The molecule has 0 aliphatic carbocycles. The average molecular weight is 394 g/mol. The van der Waals surface area contributed by atoms with Crippen LogP contribution < -0.4 is 10.1 Å². The molecular formula is C24H31N3O2. The van der Waals surface area contributed by atoms with Gasteiger partial charge in [0.05, 0.1) is 26.4 Å². The number of para-hydroxylation sites is 1. The maximum Gasteiger partial charge on any atom is 0.145 e. The largest absolute Gasteiger partial charge is 0.494 e. The molecule has 5 nitrogen and oxygen atoms in total. The Hall–Kier alpha value is -2.63. The number of rotatable bonds is 6. The first-order chi connectivity index (χ1) is 13.7. The van der Waals surface area contributed by atoms with Gasteiger partial charge in [0.1, 0.15) is 11.3 Å². The smallest absolute Gasteiger partial charge is 0.145 e. The third-order valence-electron chi connectivity index (χ3n) is 5.23. The third-order valence-corrected chi connectivity index (χ3v) is 5.23. The number of anilines is 1. The average Bonchev–Trinajstić information content (AvgIpc) is 2.74. The number of morpholine rings is 1. The maximum atomic E-state index is 5.54. The fourth-order valence-electron chi connectivity index (χ4n) is 3.78. The summed E-state index contributed by atoms with van der Waals surface area (Å²) in [6, 6.07) is 19.0. The number of aromatic nitrogens is 1. The Morgan fingerprint density at radius 2 is 1.86 bits per heavy atom. The Bertz CT molecular complexity index is 924. The number of hydrogen-bond donors (Lipinski definition) is 1. The van der Waals surface area contributed by atoms with Gasteiger partial charge in [-0.2, -0.15) is 0 Å². The first-order valence-electron chi connectivity index (χ1n) is 9.80. The van der Waals surface area contributed by atoms with Crippen LogP contribution in [-0.2, 0) is 4.74 Å². The van der Waals surface area contributed by atoms with Crippen molar-refractivity contribution in [3.05, 3.63) is 65.9 Å². The summed E-state index contributed by atoms with van der Waals surface area (Å²) < 4.78 is 11.1. The molecule has 5 heteroatoms. The second-order valence-corrected chi connectivity index (χ2v) is 7.19. The third kappa shape index (κ3) is 4.86. The molecule has 2 heterocycles. The van der Waals surface area contributed by atoms with Crippen molar-refractivity contribution in [1.29, 1.82) is 0 Å². The standard InChI is InChI=1S/C23H27N3O2.CH4/c1-17-15-20(19-9-6-10-22(27-2)23(19)24-17)25-21(18-7-4-3-5-8-18)16-26-11-13-28-14-12-26;/h3-10,15,21H,11-14,16H2,1-2H3,(H,24,25);1H4. The van der Waals surface area contributed by atoms with Crippen molar-refractivity contribution in [2.75, 3.05) is 45.3 Å². The molecule has 29 heavy (non-hydrogen) atoms. The summed E-state index contributed by atoms with van der Waals surface area (Å²) in [5.74, 6) is 0.800. The molecule has 1 aliphatic heterocycles. The number of benzene rings is 2. The van der Waals surface area contributed by atoms with E-state index in [0.717, 1.165) is 60.9 Å². The normalized spacial score (nSPS) is 15.5. The molecule has 154 valence electrons. The first-order valence-corrected chi connectivity index (χ1v) is 9.80. The molecular weight excluding hydrogens is 362 g/mol. The summed E-state index contributed by atoms with van der Waals surface area (Å²) >= 11 is 0. The van der Waals surface area contributed by atoms with Gasteiger partial charge >= 0.3 is 0 Å². The van der Waals surface area contributed by atoms with Crippen molar-refractivity contribution in [2.24, 2.45) is 0 Å². The van der Waals surface area contributed by atoms with E-state index < -0.39 is 0 Å². The van der Waals surface area contributed by atoms with E-state index in [9.17, 15) is 0 Å². The number of nitrogens with one attached hydrogen (secondary N) is 1. The lowest BCUT2D eigenvalue weighted by Crippen LogP contribution is -2.40. The van der Waals surface area contributed by atoms with Crippen molar-refractivity contribution in [3.8, 4) is 5.75 Å². The Balaban J connectivity index is 0.00000240. The summed E-state index contributed by atoms with van der Waals surface area (Å²) in [6.45, 7) is 6.49.